The number of pyridine rings is 1. The van der Waals surface area contributed by atoms with E-state index in [1.54, 1.807) is 41.2 Å². The van der Waals surface area contributed by atoms with Gasteiger partial charge in [0.25, 0.3) is 5.91 Å². The molecule has 98 valence electrons. The first kappa shape index (κ1) is 13.0. The van der Waals surface area contributed by atoms with E-state index in [9.17, 15) is 9.18 Å². The third kappa shape index (κ3) is 3.07. The summed E-state index contributed by atoms with van der Waals surface area (Å²) < 4.78 is 20.2. The van der Waals surface area contributed by atoms with E-state index in [0.29, 0.717) is 12.1 Å². The molecule has 1 aromatic heterocycles. The molecule has 0 radical (unpaired) electrons. The number of nitrogens with two attached hydrogens (primary N) is 1. The van der Waals surface area contributed by atoms with Gasteiger partial charge < -0.3 is 10.5 Å². The topological polar surface area (TPSA) is 56.2 Å². The van der Waals surface area contributed by atoms with Gasteiger partial charge in [-0.05, 0) is 24.3 Å². The largest absolute Gasteiger partial charge is 0.494 e. The van der Waals surface area contributed by atoms with Gasteiger partial charge in [0.1, 0.15) is 5.56 Å². The Labute approximate surface area is 110 Å². The van der Waals surface area contributed by atoms with Crippen LogP contribution < -0.4 is 15.0 Å². The molecule has 0 atom stereocenters. The Bertz CT molecular complexity index is 614. The predicted octanol–water partition coefficient (Wildman–Crippen LogP) is 1.27. The standard InChI is InChI=1S/C14H13FN2O2/c1-19-13-5-4-10(7-12(13)15)8-17-6-2-3-11(9-17)14(16)18/h2-7,9H,8H2,1H3,(H-,16,18)/p+1. The molecule has 0 saturated carbocycles. The molecule has 0 spiro atoms. The third-order valence-corrected chi connectivity index (χ3v) is 2.72. The summed E-state index contributed by atoms with van der Waals surface area (Å²) in [5.74, 6) is -0.693. The summed E-state index contributed by atoms with van der Waals surface area (Å²) in [6, 6.07) is 8.10. The van der Waals surface area contributed by atoms with E-state index in [4.69, 9.17) is 10.5 Å². The van der Waals surface area contributed by atoms with Crippen LogP contribution in [-0.4, -0.2) is 13.0 Å². The van der Waals surface area contributed by atoms with Gasteiger partial charge in [0.05, 0.1) is 7.11 Å². The van der Waals surface area contributed by atoms with Crippen molar-refractivity contribution < 1.29 is 18.5 Å². The number of hydrogen-bond donors (Lipinski definition) is 1. The van der Waals surface area contributed by atoms with E-state index in [-0.39, 0.29) is 5.75 Å². The van der Waals surface area contributed by atoms with Crippen molar-refractivity contribution in [3.05, 3.63) is 59.7 Å². The number of nitrogens with zero attached hydrogens (tertiary/aromatic N) is 1. The quantitative estimate of drug-likeness (QED) is 0.843. The monoisotopic (exact) mass is 261 g/mol. The Hall–Kier alpha value is -2.43. The number of carbonyl (C=O) groups excluding carboxylic acids is 1. The van der Waals surface area contributed by atoms with Crippen molar-refractivity contribution in [1.82, 2.24) is 0 Å². The summed E-state index contributed by atoms with van der Waals surface area (Å²) in [5.41, 5.74) is 6.39. The van der Waals surface area contributed by atoms with E-state index in [0.717, 1.165) is 5.56 Å². The van der Waals surface area contributed by atoms with Gasteiger partial charge in [-0.2, -0.15) is 4.57 Å². The number of primary amides is 1. The number of amides is 1. The lowest BCUT2D eigenvalue weighted by molar-refractivity contribution is -0.688. The van der Waals surface area contributed by atoms with Gasteiger partial charge >= 0.3 is 0 Å². The average molecular weight is 261 g/mol. The fourth-order valence-electron chi connectivity index (χ4n) is 1.79. The molecule has 0 bridgehead atoms. The van der Waals surface area contributed by atoms with Crippen molar-refractivity contribution in [3.8, 4) is 5.75 Å². The van der Waals surface area contributed by atoms with E-state index < -0.39 is 11.7 Å². The number of hydrogen-bond acceptors (Lipinski definition) is 2. The summed E-state index contributed by atoms with van der Waals surface area (Å²) >= 11 is 0. The molecule has 0 aliphatic rings. The highest BCUT2D eigenvalue weighted by Crippen LogP contribution is 2.17. The maximum Gasteiger partial charge on any atom is 0.254 e. The zero-order chi connectivity index (χ0) is 13.8. The number of methoxy groups -OCH3 is 1. The second kappa shape index (κ2) is 5.48. The zero-order valence-electron chi connectivity index (χ0n) is 10.5. The van der Waals surface area contributed by atoms with Crippen LogP contribution in [0.25, 0.3) is 0 Å². The molecule has 0 unspecified atom stereocenters. The van der Waals surface area contributed by atoms with Crippen molar-refractivity contribution >= 4 is 5.91 Å². The minimum absolute atomic E-state index is 0.208. The lowest BCUT2D eigenvalue weighted by atomic mass is 10.2. The highest BCUT2D eigenvalue weighted by molar-refractivity contribution is 5.92. The van der Waals surface area contributed by atoms with Gasteiger partial charge in [0.15, 0.2) is 30.5 Å². The predicted molar refractivity (Wildman–Crippen MR) is 67.2 cm³/mol. The first-order chi connectivity index (χ1) is 9.10. The van der Waals surface area contributed by atoms with Crippen LogP contribution in [0.4, 0.5) is 4.39 Å². The van der Waals surface area contributed by atoms with Gasteiger partial charge in [-0.3, -0.25) is 4.79 Å². The molecular weight excluding hydrogens is 247 g/mol. The summed E-state index contributed by atoms with van der Waals surface area (Å²) in [4.78, 5) is 11.1. The van der Waals surface area contributed by atoms with Gasteiger partial charge in [0.2, 0.25) is 0 Å². The van der Waals surface area contributed by atoms with E-state index >= 15 is 0 Å². The van der Waals surface area contributed by atoms with Crippen molar-refractivity contribution in [2.45, 2.75) is 6.54 Å². The molecule has 5 heteroatoms. The van der Waals surface area contributed by atoms with E-state index in [2.05, 4.69) is 0 Å². The normalized spacial score (nSPS) is 10.2. The van der Waals surface area contributed by atoms with Gasteiger partial charge in [-0.15, -0.1) is 0 Å². The number of aromatic nitrogens is 1. The number of ether oxygens (including phenoxy) is 1. The smallest absolute Gasteiger partial charge is 0.254 e. The van der Waals surface area contributed by atoms with Crippen LogP contribution in [-0.2, 0) is 6.54 Å². The van der Waals surface area contributed by atoms with E-state index in [1.165, 1.54) is 13.2 Å². The van der Waals surface area contributed by atoms with E-state index in [1.807, 2.05) is 0 Å². The van der Waals surface area contributed by atoms with Crippen LogP contribution in [0.3, 0.4) is 0 Å². The van der Waals surface area contributed by atoms with Crippen LogP contribution >= 0.6 is 0 Å². The van der Waals surface area contributed by atoms with Crippen LogP contribution in [0, 0.1) is 5.82 Å². The maximum absolute atomic E-state index is 13.6. The Kier molecular flexibility index (Phi) is 3.75. The molecule has 2 rings (SSSR count). The molecule has 1 amide bonds. The molecule has 2 N–H and O–H groups in total. The van der Waals surface area contributed by atoms with Crippen LogP contribution in [0.2, 0.25) is 0 Å². The number of carbonyl (C=O) groups is 1. The fourth-order valence-corrected chi connectivity index (χ4v) is 1.79. The number of halogens is 1. The second-order valence-corrected chi connectivity index (χ2v) is 4.10. The Balaban J connectivity index is 2.23. The third-order valence-electron chi connectivity index (χ3n) is 2.72. The van der Waals surface area contributed by atoms with Crippen LogP contribution in [0.5, 0.6) is 5.75 Å². The highest BCUT2D eigenvalue weighted by atomic mass is 19.1. The Morgan fingerprint density at radius 2 is 2.21 bits per heavy atom. The number of benzene rings is 1. The summed E-state index contributed by atoms with van der Waals surface area (Å²) in [5, 5.41) is 0. The van der Waals surface area contributed by atoms with Crippen LogP contribution in [0.15, 0.2) is 42.7 Å². The van der Waals surface area contributed by atoms with Crippen molar-refractivity contribution in [1.29, 1.82) is 0 Å². The first-order valence-corrected chi connectivity index (χ1v) is 5.71. The Morgan fingerprint density at radius 1 is 1.42 bits per heavy atom. The van der Waals surface area contributed by atoms with Crippen molar-refractivity contribution in [2.75, 3.05) is 7.11 Å². The molecule has 0 saturated heterocycles. The van der Waals surface area contributed by atoms with Gasteiger partial charge in [-0.1, -0.05) is 0 Å². The van der Waals surface area contributed by atoms with Crippen molar-refractivity contribution in [2.24, 2.45) is 5.73 Å². The average Bonchev–Trinajstić information content (AvgIpc) is 2.39. The fraction of sp³-hybridized carbons (Fsp3) is 0.143. The zero-order valence-corrected chi connectivity index (χ0v) is 10.5. The summed E-state index contributed by atoms with van der Waals surface area (Å²) in [6.45, 7) is 0.446. The molecule has 0 fully saturated rings. The van der Waals surface area contributed by atoms with Crippen molar-refractivity contribution in [3.63, 3.8) is 0 Å². The minimum Gasteiger partial charge on any atom is -0.494 e. The van der Waals surface area contributed by atoms with Crippen LogP contribution in [0.1, 0.15) is 15.9 Å². The molecule has 2 aromatic rings. The molecule has 0 aliphatic carbocycles. The second-order valence-electron chi connectivity index (χ2n) is 4.10. The van der Waals surface area contributed by atoms with Gasteiger partial charge in [-0.25, -0.2) is 4.39 Å². The molecular formula is C14H14FN2O2+. The minimum atomic E-state index is -0.490. The molecule has 0 aliphatic heterocycles. The molecule has 4 nitrogen and oxygen atoms in total. The lowest BCUT2D eigenvalue weighted by Crippen LogP contribution is -2.35. The SMILES string of the molecule is COc1ccc(C[n+]2cccc(C(N)=O)c2)cc1F. The first-order valence-electron chi connectivity index (χ1n) is 5.71. The van der Waals surface area contributed by atoms with Gasteiger partial charge in [0, 0.05) is 11.6 Å². The molecule has 19 heavy (non-hydrogen) atoms. The Morgan fingerprint density at radius 3 is 2.84 bits per heavy atom. The molecule has 1 heterocycles. The summed E-state index contributed by atoms with van der Waals surface area (Å²) in [6.07, 6.45) is 3.42. The number of rotatable bonds is 4. The lowest BCUT2D eigenvalue weighted by Gasteiger charge is -2.03. The maximum atomic E-state index is 13.6. The summed E-state index contributed by atoms with van der Waals surface area (Å²) in [7, 11) is 1.42. The molecule has 1 aromatic carbocycles. The highest BCUT2D eigenvalue weighted by Gasteiger charge is 2.10.